The summed E-state index contributed by atoms with van der Waals surface area (Å²) in [5.74, 6) is -0.226. The summed E-state index contributed by atoms with van der Waals surface area (Å²) in [5, 5.41) is 9.31. The van der Waals surface area contributed by atoms with E-state index in [1.165, 1.54) is 13.2 Å². The van der Waals surface area contributed by atoms with Gasteiger partial charge in [0.1, 0.15) is 5.75 Å². The number of hydrogen-bond acceptors (Lipinski definition) is 3. The number of methoxy groups -OCH3 is 1. The van der Waals surface area contributed by atoms with Crippen LogP contribution in [0.2, 0.25) is 0 Å². The second-order valence-corrected chi connectivity index (χ2v) is 3.16. The Kier molecular flexibility index (Phi) is 3.92. The molecule has 0 unspecified atom stereocenters. The molecule has 0 fully saturated rings. The van der Waals surface area contributed by atoms with Crippen molar-refractivity contribution in [2.24, 2.45) is 0 Å². The molecule has 0 bridgehead atoms. The van der Waals surface area contributed by atoms with Crippen LogP contribution in [0.3, 0.4) is 0 Å². The van der Waals surface area contributed by atoms with Crippen LogP contribution in [0.1, 0.15) is 22.3 Å². The van der Waals surface area contributed by atoms with Crippen molar-refractivity contribution < 1.29 is 14.6 Å². The summed E-state index contributed by atoms with van der Waals surface area (Å²) < 4.78 is 4.65. The zero-order valence-corrected chi connectivity index (χ0v) is 8.69. The highest BCUT2D eigenvalue weighted by atomic mass is 16.5. The monoisotopic (exact) mass is 206 g/mol. The Labute approximate surface area is 89.0 Å². The summed E-state index contributed by atoms with van der Waals surface area (Å²) in [7, 11) is 1.34. The molecule has 0 amide bonds. The third-order valence-electron chi connectivity index (χ3n) is 2.11. The molecule has 1 N–H and O–H groups in total. The van der Waals surface area contributed by atoms with E-state index < -0.39 is 0 Å². The van der Waals surface area contributed by atoms with E-state index in [1.807, 2.05) is 0 Å². The number of benzene rings is 1. The molecule has 1 rings (SSSR count). The van der Waals surface area contributed by atoms with E-state index in [9.17, 15) is 9.90 Å². The first kappa shape index (κ1) is 11.3. The zero-order valence-electron chi connectivity index (χ0n) is 8.69. The maximum Gasteiger partial charge on any atom is 0.338 e. The minimum absolute atomic E-state index is 0.154. The molecule has 0 aliphatic carbocycles. The molecule has 0 spiro atoms. The summed E-state index contributed by atoms with van der Waals surface area (Å²) in [5.41, 5.74) is 1.28. The van der Waals surface area contributed by atoms with Gasteiger partial charge in [-0.1, -0.05) is 6.08 Å². The Morgan fingerprint density at radius 3 is 2.93 bits per heavy atom. The minimum atomic E-state index is -0.380. The topological polar surface area (TPSA) is 46.5 Å². The maximum atomic E-state index is 11.4. The molecule has 0 aliphatic rings. The highest BCUT2D eigenvalue weighted by Crippen LogP contribution is 2.19. The lowest BCUT2D eigenvalue weighted by Gasteiger charge is -2.07. The standard InChI is InChI=1S/C12H14O3/c1-3-4-5-9-8-10(13)6-7-11(9)12(14)15-2/h3,6-8,13H,1,4-5H2,2H3. The number of rotatable bonds is 4. The summed E-state index contributed by atoms with van der Waals surface area (Å²) in [6, 6.07) is 4.62. The normalized spacial score (nSPS) is 9.67. The molecule has 0 saturated carbocycles. The molecule has 0 saturated heterocycles. The summed E-state index contributed by atoms with van der Waals surface area (Å²) in [4.78, 5) is 11.4. The highest BCUT2D eigenvalue weighted by molar-refractivity contribution is 5.91. The van der Waals surface area contributed by atoms with E-state index >= 15 is 0 Å². The second-order valence-electron chi connectivity index (χ2n) is 3.16. The Morgan fingerprint density at radius 2 is 2.33 bits per heavy atom. The highest BCUT2D eigenvalue weighted by Gasteiger charge is 2.11. The molecule has 1 aromatic carbocycles. The lowest BCUT2D eigenvalue weighted by molar-refractivity contribution is 0.0599. The first-order chi connectivity index (χ1) is 7.19. The van der Waals surface area contributed by atoms with Gasteiger partial charge in [-0.3, -0.25) is 0 Å². The van der Waals surface area contributed by atoms with Gasteiger partial charge in [0.25, 0.3) is 0 Å². The van der Waals surface area contributed by atoms with Crippen LogP contribution in [0.15, 0.2) is 30.9 Å². The summed E-state index contributed by atoms with van der Waals surface area (Å²) in [6.45, 7) is 3.61. The van der Waals surface area contributed by atoms with Crippen molar-refractivity contribution in [1.29, 1.82) is 0 Å². The molecule has 0 atom stereocenters. The maximum absolute atomic E-state index is 11.4. The van der Waals surface area contributed by atoms with Gasteiger partial charge >= 0.3 is 5.97 Å². The minimum Gasteiger partial charge on any atom is -0.508 e. The summed E-state index contributed by atoms with van der Waals surface area (Å²) in [6.07, 6.45) is 3.20. The molecule has 80 valence electrons. The van der Waals surface area contributed by atoms with Crippen molar-refractivity contribution >= 4 is 5.97 Å². The zero-order chi connectivity index (χ0) is 11.3. The first-order valence-electron chi connectivity index (χ1n) is 4.70. The fourth-order valence-electron chi connectivity index (χ4n) is 1.35. The summed E-state index contributed by atoms with van der Waals surface area (Å²) >= 11 is 0. The van der Waals surface area contributed by atoms with Crippen molar-refractivity contribution in [3.05, 3.63) is 42.0 Å². The van der Waals surface area contributed by atoms with Crippen molar-refractivity contribution in [2.45, 2.75) is 12.8 Å². The van der Waals surface area contributed by atoms with Crippen LogP contribution in [-0.4, -0.2) is 18.2 Å². The number of carbonyl (C=O) groups excluding carboxylic acids is 1. The number of aryl methyl sites for hydroxylation is 1. The average molecular weight is 206 g/mol. The van der Waals surface area contributed by atoms with Crippen LogP contribution in [-0.2, 0) is 11.2 Å². The van der Waals surface area contributed by atoms with Crippen LogP contribution < -0.4 is 0 Å². The van der Waals surface area contributed by atoms with Gasteiger partial charge in [-0.25, -0.2) is 4.79 Å². The average Bonchev–Trinajstić information content (AvgIpc) is 2.25. The second kappa shape index (κ2) is 5.20. The number of phenolic OH excluding ortho intramolecular Hbond substituents is 1. The number of allylic oxidation sites excluding steroid dienone is 1. The van der Waals surface area contributed by atoms with E-state index in [2.05, 4.69) is 11.3 Å². The van der Waals surface area contributed by atoms with E-state index in [1.54, 1.807) is 18.2 Å². The first-order valence-corrected chi connectivity index (χ1v) is 4.70. The number of hydrogen-bond donors (Lipinski definition) is 1. The molecule has 3 heteroatoms. The van der Waals surface area contributed by atoms with Crippen molar-refractivity contribution in [1.82, 2.24) is 0 Å². The van der Waals surface area contributed by atoms with E-state index in [0.717, 1.165) is 12.0 Å². The lowest BCUT2D eigenvalue weighted by atomic mass is 10.0. The Hall–Kier alpha value is -1.77. The van der Waals surface area contributed by atoms with Crippen LogP contribution in [0, 0.1) is 0 Å². The van der Waals surface area contributed by atoms with Gasteiger partial charge in [0, 0.05) is 0 Å². The smallest absolute Gasteiger partial charge is 0.338 e. The molecular weight excluding hydrogens is 192 g/mol. The van der Waals surface area contributed by atoms with Gasteiger partial charge in [-0.15, -0.1) is 6.58 Å². The van der Waals surface area contributed by atoms with Crippen molar-refractivity contribution in [2.75, 3.05) is 7.11 Å². The van der Waals surface area contributed by atoms with Gasteiger partial charge in [0.15, 0.2) is 0 Å². The third-order valence-corrected chi connectivity index (χ3v) is 2.11. The fourth-order valence-corrected chi connectivity index (χ4v) is 1.35. The number of carbonyl (C=O) groups is 1. The number of aromatic hydroxyl groups is 1. The molecule has 0 aliphatic heterocycles. The predicted molar refractivity (Wildman–Crippen MR) is 58.0 cm³/mol. The molecule has 3 nitrogen and oxygen atoms in total. The SMILES string of the molecule is C=CCCc1cc(O)ccc1C(=O)OC. The molecule has 0 aromatic heterocycles. The van der Waals surface area contributed by atoms with Crippen LogP contribution >= 0.6 is 0 Å². The predicted octanol–water partition coefficient (Wildman–Crippen LogP) is 2.30. The van der Waals surface area contributed by atoms with Gasteiger partial charge in [0.05, 0.1) is 12.7 Å². The van der Waals surface area contributed by atoms with Crippen LogP contribution in [0.5, 0.6) is 5.75 Å². The van der Waals surface area contributed by atoms with E-state index in [0.29, 0.717) is 12.0 Å². The Morgan fingerprint density at radius 1 is 1.60 bits per heavy atom. The van der Waals surface area contributed by atoms with Gasteiger partial charge < -0.3 is 9.84 Å². The van der Waals surface area contributed by atoms with Crippen LogP contribution in [0.4, 0.5) is 0 Å². The van der Waals surface area contributed by atoms with Gasteiger partial charge in [0.2, 0.25) is 0 Å². The van der Waals surface area contributed by atoms with E-state index in [4.69, 9.17) is 0 Å². The third kappa shape index (κ3) is 2.84. The molecule has 15 heavy (non-hydrogen) atoms. The molecule has 1 aromatic rings. The van der Waals surface area contributed by atoms with Gasteiger partial charge in [-0.05, 0) is 36.6 Å². The largest absolute Gasteiger partial charge is 0.508 e. The molecule has 0 heterocycles. The quantitative estimate of drug-likeness (QED) is 0.607. The lowest BCUT2D eigenvalue weighted by Crippen LogP contribution is -2.05. The fraction of sp³-hybridized carbons (Fsp3) is 0.250. The Balaban J connectivity index is 3.02. The number of ether oxygens (including phenoxy) is 1. The number of phenols is 1. The van der Waals surface area contributed by atoms with E-state index in [-0.39, 0.29) is 11.7 Å². The van der Waals surface area contributed by atoms with Crippen LogP contribution in [0.25, 0.3) is 0 Å². The van der Waals surface area contributed by atoms with Gasteiger partial charge in [-0.2, -0.15) is 0 Å². The number of esters is 1. The van der Waals surface area contributed by atoms with Crippen molar-refractivity contribution in [3.8, 4) is 5.75 Å². The Bertz CT molecular complexity index is 369. The molecule has 0 radical (unpaired) electrons. The van der Waals surface area contributed by atoms with Crippen molar-refractivity contribution in [3.63, 3.8) is 0 Å². The molecular formula is C12H14O3.